The first kappa shape index (κ1) is 18.5. The Bertz CT molecular complexity index is 843. The Kier molecular flexibility index (Phi) is 5.27. The van der Waals surface area contributed by atoms with Crippen LogP contribution in [0, 0.1) is 12.8 Å². The number of nitrogens with zero attached hydrogens (tertiary/aromatic N) is 6. The van der Waals surface area contributed by atoms with Crippen LogP contribution < -0.4 is 15.1 Å². The van der Waals surface area contributed by atoms with Crippen LogP contribution >= 0.6 is 0 Å². The molecule has 0 aliphatic carbocycles. The number of nitrogens with one attached hydrogen (secondary N) is 1. The van der Waals surface area contributed by atoms with Gasteiger partial charge in [0.15, 0.2) is 0 Å². The Labute approximate surface area is 165 Å². The number of pyridine rings is 1. The summed E-state index contributed by atoms with van der Waals surface area (Å²) >= 11 is 0. The number of rotatable bonds is 5. The normalized spacial score (nSPS) is 20.0. The molecule has 2 aromatic heterocycles. The summed E-state index contributed by atoms with van der Waals surface area (Å²) in [5.41, 5.74) is 1.02. The van der Waals surface area contributed by atoms with Crippen molar-refractivity contribution in [3.8, 4) is 0 Å². The summed E-state index contributed by atoms with van der Waals surface area (Å²) in [6.07, 6.45) is 2.72. The Morgan fingerprint density at radius 3 is 2.75 bits per heavy atom. The number of hydrogen-bond donors (Lipinski definition) is 1. The molecule has 0 radical (unpaired) electrons. The minimum atomic E-state index is 0.128. The molecule has 28 heavy (non-hydrogen) atoms. The van der Waals surface area contributed by atoms with Crippen LogP contribution in [0.15, 0.2) is 30.6 Å². The summed E-state index contributed by atoms with van der Waals surface area (Å²) in [5.74, 6) is 3.38. The van der Waals surface area contributed by atoms with E-state index in [4.69, 9.17) is 0 Å². The van der Waals surface area contributed by atoms with Crippen molar-refractivity contribution in [1.29, 1.82) is 0 Å². The summed E-state index contributed by atoms with van der Waals surface area (Å²) in [6, 6.07) is 8.05. The molecule has 0 bridgehead atoms. The van der Waals surface area contributed by atoms with Gasteiger partial charge in [0.2, 0.25) is 5.91 Å². The third-order valence-corrected chi connectivity index (χ3v) is 5.49. The monoisotopic (exact) mass is 381 g/mol. The maximum atomic E-state index is 12.0. The van der Waals surface area contributed by atoms with E-state index in [0.29, 0.717) is 12.5 Å². The maximum absolute atomic E-state index is 12.0. The number of carbonyl (C=O) groups is 1. The molecule has 0 aromatic carbocycles. The molecule has 2 fully saturated rings. The minimum absolute atomic E-state index is 0.128. The van der Waals surface area contributed by atoms with Crippen LogP contribution in [-0.2, 0) is 4.79 Å². The number of aromatic nitrogens is 3. The number of anilines is 3. The number of carbonyl (C=O) groups excluding carboxylic acids is 1. The molecule has 1 amide bonds. The minimum Gasteiger partial charge on any atom is -0.370 e. The van der Waals surface area contributed by atoms with Crippen molar-refractivity contribution in [2.45, 2.75) is 13.3 Å². The zero-order chi connectivity index (χ0) is 19.5. The van der Waals surface area contributed by atoms with Crippen LogP contribution in [0.2, 0.25) is 0 Å². The number of piperazine rings is 1. The first-order chi connectivity index (χ1) is 13.6. The van der Waals surface area contributed by atoms with Crippen LogP contribution in [0.5, 0.6) is 0 Å². The third-order valence-electron chi connectivity index (χ3n) is 5.49. The molecule has 8 nitrogen and oxygen atoms in total. The second-order valence-corrected chi connectivity index (χ2v) is 7.62. The molecular formula is C20H27N7O. The molecule has 148 valence electrons. The Morgan fingerprint density at radius 1 is 1.14 bits per heavy atom. The van der Waals surface area contributed by atoms with Gasteiger partial charge in [-0.25, -0.2) is 15.0 Å². The lowest BCUT2D eigenvalue weighted by Crippen LogP contribution is -2.48. The van der Waals surface area contributed by atoms with E-state index >= 15 is 0 Å². The highest BCUT2D eigenvalue weighted by Crippen LogP contribution is 2.25. The fourth-order valence-electron chi connectivity index (χ4n) is 3.73. The van der Waals surface area contributed by atoms with Crippen LogP contribution in [0.4, 0.5) is 17.5 Å². The van der Waals surface area contributed by atoms with Gasteiger partial charge in [-0.05, 0) is 31.4 Å². The van der Waals surface area contributed by atoms with Crippen LogP contribution in [-0.4, -0.2) is 72.1 Å². The van der Waals surface area contributed by atoms with Gasteiger partial charge in [-0.3, -0.25) is 4.79 Å². The van der Waals surface area contributed by atoms with Gasteiger partial charge in [0.25, 0.3) is 0 Å². The van der Waals surface area contributed by atoms with Gasteiger partial charge in [-0.15, -0.1) is 0 Å². The van der Waals surface area contributed by atoms with Gasteiger partial charge < -0.3 is 20.0 Å². The maximum Gasteiger partial charge on any atom is 0.241 e. The quantitative estimate of drug-likeness (QED) is 0.839. The van der Waals surface area contributed by atoms with Gasteiger partial charge >= 0.3 is 0 Å². The van der Waals surface area contributed by atoms with Crippen molar-refractivity contribution in [1.82, 2.24) is 19.9 Å². The zero-order valence-electron chi connectivity index (χ0n) is 16.5. The highest BCUT2D eigenvalue weighted by atomic mass is 16.2. The summed E-state index contributed by atoms with van der Waals surface area (Å²) in [7, 11) is 1.84. The molecule has 1 unspecified atom stereocenters. The molecule has 4 rings (SSSR count). The summed E-state index contributed by atoms with van der Waals surface area (Å²) in [4.78, 5) is 31.5. The molecule has 0 saturated carbocycles. The standard InChI is InChI=1S/C20H27N7O/c1-15-4-3-5-17(24-15)21-11-16-6-7-26(12-16)18-10-19(23-14-22-18)27-9-8-25(2)20(28)13-27/h3-5,10,14,16H,6-9,11-13H2,1-2H3,(H,21,24). The molecule has 2 saturated heterocycles. The fourth-order valence-corrected chi connectivity index (χ4v) is 3.73. The highest BCUT2D eigenvalue weighted by molar-refractivity contribution is 5.82. The Hall–Kier alpha value is -2.90. The van der Waals surface area contributed by atoms with Crippen molar-refractivity contribution in [3.63, 3.8) is 0 Å². The highest BCUT2D eigenvalue weighted by Gasteiger charge is 2.26. The number of likely N-dealkylation sites (N-methyl/N-ethyl adjacent to an activating group) is 1. The topological polar surface area (TPSA) is 77.5 Å². The molecular weight excluding hydrogens is 354 g/mol. The lowest BCUT2D eigenvalue weighted by atomic mass is 10.1. The Balaban J connectivity index is 1.35. The smallest absolute Gasteiger partial charge is 0.241 e. The van der Waals surface area contributed by atoms with E-state index in [2.05, 4.69) is 25.2 Å². The van der Waals surface area contributed by atoms with E-state index < -0.39 is 0 Å². The predicted molar refractivity (Wildman–Crippen MR) is 110 cm³/mol. The van der Waals surface area contributed by atoms with Crippen molar-refractivity contribution < 1.29 is 4.79 Å². The summed E-state index contributed by atoms with van der Waals surface area (Å²) in [5, 5.41) is 3.45. The van der Waals surface area contributed by atoms with E-state index in [0.717, 1.165) is 62.3 Å². The van der Waals surface area contributed by atoms with Crippen LogP contribution in [0.25, 0.3) is 0 Å². The van der Waals surface area contributed by atoms with Crippen molar-refractivity contribution in [2.24, 2.45) is 5.92 Å². The second kappa shape index (κ2) is 8.00. The van der Waals surface area contributed by atoms with E-state index in [9.17, 15) is 4.79 Å². The molecule has 0 spiro atoms. The first-order valence-corrected chi connectivity index (χ1v) is 9.82. The molecule has 2 aliphatic heterocycles. The molecule has 1 atom stereocenters. The van der Waals surface area contributed by atoms with Crippen molar-refractivity contribution >= 4 is 23.4 Å². The van der Waals surface area contributed by atoms with Crippen molar-refractivity contribution in [3.05, 3.63) is 36.3 Å². The number of amides is 1. The second-order valence-electron chi connectivity index (χ2n) is 7.62. The number of hydrogen-bond acceptors (Lipinski definition) is 7. The Morgan fingerprint density at radius 2 is 1.96 bits per heavy atom. The van der Waals surface area contributed by atoms with Gasteiger partial charge in [0, 0.05) is 51.5 Å². The average Bonchev–Trinajstić information content (AvgIpc) is 3.18. The molecule has 2 aromatic rings. The van der Waals surface area contributed by atoms with Gasteiger partial charge in [0.1, 0.15) is 23.8 Å². The van der Waals surface area contributed by atoms with Gasteiger partial charge in [0.05, 0.1) is 6.54 Å². The SMILES string of the molecule is Cc1cccc(NCC2CCN(c3cc(N4CCN(C)C(=O)C4)ncn3)C2)n1. The lowest BCUT2D eigenvalue weighted by Gasteiger charge is -2.33. The molecule has 4 heterocycles. The van der Waals surface area contributed by atoms with Gasteiger partial charge in [-0.2, -0.15) is 0 Å². The fraction of sp³-hybridized carbons (Fsp3) is 0.500. The summed E-state index contributed by atoms with van der Waals surface area (Å²) < 4.78 is 0. The zero-order valence-corrected chi connectivity index (χ0v) is 16.5. The van der Waals surface area contributed by atoms with E-state index in [1.54, 1.807) is 11.2 Å². The van der Waals surface area contributed by atoms with Crippen LogP contribution in [0.3, 0.4) is 0 Å². The van der Waals surface area contributed by atoms with E-state index in [-0.39, 0.29) is 5.91 Å². The van der Waals surface area contributed by atoms with Crippen molar-refractivity contribution in [2.75, 3.05) is 61.4 Å². The molecule has 2 aliphatic rings. The van der Waals surface area contributed by atoms with E-state index in [1.807, 2.05) is 43.1 Å². The largest absolute Gasteiger partial charge is 0.370 e. The first-order valence-electron chi connectivity index (χ1n) is 9.82. The van der Waals surface area contributed by atoms with Crippen LogP contribution in [0.1, 0.15) is 12.1 Å². The number of aryl methyl sites for hydroxylation is 1. The lowest BCUT2D eigenvalue weighted by molar-refractivity contribution is -0.129. The molecule has 1 N–H and O–H groups in total. The average molecular weight is 381 g/mol. The van der Waals surface area contributed by atoms with Gasteiger partial charge in [-0.1, -0.05) is 6.07 Å². The summed E-state index contributed by atoms with van der Waals surface area (Å²) in [6.45, 7) is 6.74. The third kappa shape index (κ3) is 4.16. The predicted octanol–water partition coefficient (Wildman–Crippen LogP) is 1.40. The van der Waals surface area contributed by atoms with E-state index in [1.165, 1.54) is 0 Å². The molecule has 8 heteroatoms.